The largest absolute Gasteiger partial charge is 0.184 e. The normalized spacial score (nSPS) is 12.3. The second-order valence-electron chi connectivity index (χ2n) is 20.4. The van der Waals surface area contributed by atoms with Gasteiger partial charge in [-0.25, -0.2) is 0 Å². The van der Waals surface area contributed by atoms with E-state index in [-0.39, 0.29) is 21.7 Å². The number of fused-ring (bicyclic) bond motifs is 5. The summed E-state index contributed by atoms with van der Waals surface area (Å²) in [6.45, 7) is 27.4. The Bertz CT molecular complexity index is 2570. The van der Waals surface area contributed by atoms with Gasteiger partial charge in [-0.05, 0) is 43.9 Å². The summed E-state index contributed by atoms with van der Waals surface area (Å²) in [5, 5.41) is 8.25. The van der Waals surface area contributed by atoms with Gasteiger partial charge < -0.3 is 0 Å². The van der Waals surface area contributed by atoms with Crippen LogP contribution in [0.5, 0.6) is 0 Å². The maximum absolute atomic E-state index is 4.93. The van der Waals surface area contributed by atoms with E-state index < -0.39 is 20.8 Å². The molecule has 2 radical (unpaired) electrons. The third-order valence-electron chi connectivity index (χ3n) is 11.6. The van der Waals surface area contributed by atoms with Gasteiger partial charge in [0.05, 0.1) is 9.52 Å². The van der Waals surface area contributed by atoms with Crippen LogP contribution in [0.4, 0.5) is 0 Å². The van der Waals surface area contributed by atoms with Crippen molar-refractivity contribution in [2.45, 2.75) is 105 Å². The van der Waals surface area contributed by atoms with Crippen molar-refractivity contribution < 1.29 is 20.8 Å². The van der Waals surface area contributed by atoms with Crippen molar-refractivity contribution >= 4 is 58.5 Å². The van der Waals surface area contributed by atoms with Crippen molar-refractivity contribution in [3.63, 3.8) is 0 Å². The van der Waals surface area contributed by atoms with Crippen molar-refractivity contribution in [2.24, 2.45) is 0 Å². The zero-order valence-corrected chi connectivity index (χ0v) is 43.7. The average molecular weight is 948 g/mol. The molecule has 0 fully saturated rings. The van der Waals surface area contributed by atoms with Crippen molar-refractivity contribution in [3.8, 4) is 33.4 Å². The van der Waals surface area contributed by atoms with Crippen molar-refractivity contribution in [2.75, 3.05) is 0 Å². The van der Waals surface area contributed by atoms with Crippen LogP contribution in [0.1, 0.15) is 105 Å². The molecule has 0 unspecified atom stereocenters. The summed E-state index contributed by atoms with van der Waals surface area (Å²) in [4.78, 5) is 0. The fraction of sp³-hybridized carbons (Fsp3) is 0.276. The third-order valence-corrected chi connectivity index (χ3v) is 13.0. The van der Waals surface area contributed by atoms with Gasteiger partial charge in [0, 0.05) is 0 Å². The molecule has 62 heavy (non-hydrogen) atoms. The van der Waals surface area contributed by atoms with Crippen LogP contribution in [-0.4, -0.2) is 9.52 Å². The Balaban J connectivity index is 0.000000155. The van der Waals surface area contributed by atoms with E-state index in [1.807, 2.05) is 6.07 Å². The summed E-state index contributed by atoms with van der Waals surface area (Å²) in [5.74, 6) is 0. The summed E-state index contributed by atoms with van der Waals surface area (Å²) in [6, 6.07) is 58.6. The van der Waals surface area contributed by atoms with E-state index in [9.17, 15) is 0 Å². The molecule has 9 rings (SSSR count). The van der Waals surface area contributed by atoms with Gasteiger partial charge in [0.15, 0.2) is 0 Å². The molecule has 1 heterocycles. The summed E-state index contributed by atoms with van der Waals surface area (Å²) >= 11 is -0.826. The third kappa shape index (κ3) is 11.1. The average Bonchev–Trinajstić information content (AvgIpc) is 3.97. The predicted octanol–water partition coefficient (Wildman–Crippen LogP) is 16.1. The van der Waals surface area contributed by atoms with E-state index in [0.29, 0.717) is 0 Å². The molecule has 4 heteroatoms. The predicted molar refractivity (Wildman–Crippen MR) is 272 cm³/mol. The van der Waals surface area contributed by atoms with E-state index in [1.54, 1.807) is 0 Å². The van der Waals surface area contributed by atoms with Crippen LogP contribution in [0, 0.1) is 6.07 Å². The number of halogens is 2. The Labute approximate surface area is 394 Å². The quantitative estimate of drug-likeness (QED) is 0.120. The fourth-order valence-corrected chi connectivity index (χ4v) is 9.59. The fourth-order valence-electron chi connectivity index (χ4n) is 8.28. The maximum atomic E-state index is 4.93. The molecule has 0 saturated heterocycles. The van der Waals surface area contributed by atoms with Gasteiger partial charge in [-0.1, -0.05) is 190 Å². The van der Waals surface area contributed by atoms with Gasteiger partial charge in [0.1, 0.15) is 0 Å². The minimum Gasteiger partial charge on any atom is -0.184 e. The number of hydrogen-bond acceptors (Lipinski definition) is 0. The van der Waals surface area contributed by atoms with Crippen LogP contribution < -0.4 is 10.4 Å². The van der Waals surface area contributed by atoms with Gasteiger partial charge in [0.25, 0.3) is 0 Å². The van der Waals surface area contributed by atoms with Crippen molar-refractivity contribution in [1.29, 1.82) is 0 Å². The maximum Gasteiger partial charge on any atom is 0.0920 e. The molecular formula is C58H61Cl2SiZr-3. The molecule has 0 atom stereocenters. The Morgan fingerprint density at radius 2 is 0.823 bits per heavy atom. The van der Waals surface area contributed by atoms with E-state index in [4.69, 9.17) is 17.0 Å². The molecule has 8 aromatic rings. The van der Waals surface area contributed by atoms with Crippen LogP contribution in [0.25, 0.3) is 54.9 Å². The van der Waals surface area contributed by atoms with Gasteiger partial charge in [-0.2, -0.15) is 41.6 Å². The van der Waals surface area contributed by atoms with E-state index in [1.165, 1.54) is 87.6 Å². The Hall–Kier alpha value is -3.78. The molecule has 0 spiro atoms. The SMILES string of the molecule is CC(C)(C)c1cc2c(-c3ccccc3C(C)(C)C)cccc2[cH-]1.CC(C)(C)c1cc2c(-c3ccccc3C(C)(C)C)cccc2[cH-]1.[Cl][Zr][Cl].[c-]1cccc2c1[Si]c1ccccc1-2. The van der Waals surface area contributed by atoms with Gasteiger partial charge >= 0.3 is 37.9 Å². The van der Waals surface area contributed by atoms with Crippen LogP contribution in [-0.2, 0) is 42.5 Å². The van der Waals surface area contributed by atoms with Crippen LogP contribution in [0.2, 0.25) is 0 Å². The Kier molecular flexibility index (Phi) is 15.0. The second-order valence-corrected chi connectivity index (χ2v) is 25.4. The minimum absolute atomic E-state index is 0.137. The van der Waals surface area contributed by atoms with Crippen LogP contribution >= 0.6 is 17.0 Å². The molecule has 0 bridgehead atoms. The number of benzene rings is 6. The Morgan fingerprint density at radius 3 is 1.26 bits per heavy atom. The molecule has 318 valence electrons. The number of hydrogen-bond donors (Lipinski definition) is 0. The summed E-state index contributed by atoms with van der Waals surface area (Å²) < 4.78 is 0. The molecule has 8 aromatic carbocycles. The number of rotatable bonds is 2. The zero-order chi connectivity index (χ0) is 45.0. The standard InChI is InChI=1S/2C23H27.C12H7Si.2ClH.Zr/c2*1-22(2,3)17-14-16-10-9-12-18(20(16)15-17)19-11-7-8-13-21(19)23(4,5)6;1-3-7-11-9(5-1)10-6-2-4-8-12(10)13-11;;;/h2*7-15H,1-6H3;1-7H;2*1H;/q3*-1;;;+2/p-2. The Morgan fingerprint density at radius 1 is 0.435 bits per heavy atom. The van der Waals surface area contributed by atoms with Crippen LogP contribution in [0.15, 0.2) is 152 Å². The molecule has 1 aliphatic heterocycles. The molecule has 0 N–H and O–H groups in total. The van der Waals surface area contributed by atoms with E-state index in [2.05, 4.69) is 235 Å². The zero-order valence-electron chi connectivity index (χ0n) is 38.7. The first kappa shape index (κ1) is 47.7. The summed E-state index contributed by atoms with van der Waals surface area (Å²) in [5.41, 5.74) is 14.5. The first-order valence-corrected chi connectivity index (χ1v) is 29.0. The van der Waals surface area contributed by atoms with Crippen LogP contribution in [0.3, 0.4) is 0 Å². The first-order valence-electron chi connectivity index (χ1n) is 21.7. The first-order chi connectivity index (χ1) is 29.2. The van der Waals surface area contributed by atoms with Gasteiger partial charge in [-0.3, -0.25) is 0 Å². The molecule has 0 saturated carbocycles. The molecule has 0 aromatic heterocycles. The molecule has 1 aliphatic rings. The molecule has 0 aliphatic carbocycles. The van der Waals surface area contributed by atoms with Gasteiger partial charge in [-0.15, -0.1) is 74.6 Å². The van der Waals surface area contributed by atoms with Crippen molar-refractivity contribution in [3.05, 3.63) is 180 Å². The minimum atomic E-state index is -0.826. The van der Waals surface area contributed by atoms with Gasteiger partial charge in [0.2, 0.25) is 0 Å². The van der Waals surface area contributed by atoms with Crippen molar-refractivity contribution in [1.82, 2.24) is 0 Å². The van der Waals surface area contributed by atoms with E-state index in [0.717, 1.165) is 9.52 Å². The topological polar surface area (TPSA) is 0 Å². The second kappa shape index (κ2) is 19.5. The molecule has 0 nitrogen and oxygen atoms in total. The summed E-state index contributed by atoms with van der Waals surface area (Å²) in [6.07, 6.45) is 0. The molecule has 0 amide bonds. The summed E-state index contributed by atoms with van der Waals surface area (Å²) in [7, 11) is 10.7. The smallest absolute Gasteiger partial charge is 0.0920 e. The molecular weight excluding hydrogens is 887 g/mol. The monoisotopic (exact) mass is 945 g/mol. The van der Waals surface area contributed by atoms with E-state index >= 15 is 0 Å².